The van der Waals surface area contributed by atoms with Crippen LogP contribution in [0.15, 0.2) is 48.5 Å². The van der Waals surface area contributed by atoms with Crippen molar-refractivity contribution in [3.63, 3.8) is 0 Å². The first-order valence-corrected chi connectivity index (χ1v) is 10.8. The van der Waals surface area contributed by atoms with Crippen LogP contribution in [-0.2, 0) is 19.4 Å². The quantitative estimate of drug-likeness (QED) is 0.578. The van der Waals surface area contributed by atoms with Crippen molar-refractivity contribution < 1.29 is 9.13 Å². The lowest BCUT2D eigenvalue weighted by Crippen LogP contribution is -2.45. The van der Waals surface area contributed by atoms with E-state index in [1.54, 1.807) is 7.11 Å². The highest BCUT2D eigenvalue weighted by Crippen LogP contribution is 2.17. The molecule has 0 amide bonds. The summed E-state index contributed by atoms with van der Waals surface area (Å²) < 4.78 is 18.5. The van der Waals surface area contributed by atoms with E-state index in [-0.39, 0.29) is 5.82 Å². The third-order valence-electron chi connectivity index (χ3n) is 5.90. The van der Waals surface area contributed by atoms with Gasteiger partial charge in [-0.1, -0.05) is 24.3 Å². The first-order valence-electron chi connectivity index (χ1n) is 10.8. The number of ether oxygens (including phenoxy) is 1. The van der Waals surface area contributed by atoms with E-state index in [2.05, 4.69) is 43.3 Å². The second kappa shape index (κ2) is 8.92. The molecule has 7 nitrogen and oxygen atoms in total. The number of aryl methyl sites for hydroxylation is 1. The van der Waals surface area contributed by atoms with Crippen LogP contribution in [0.5, 0.6) is 5.75 Å². The Morgan fingerprint density at radius 2 is 1.81 bits per heavy atom. The van der Waals surface area contributed by atoms with Gasteiger partial charge in [0.2, 0.25) is 0 Å². The molecule has 1 aliphatic heterocycles. The molecule has 0 saturated heterocycles. The van der Waals surface area contributed by atoms with Gasteiger partial charge in [-0.3, -0.25) is 0 Å². The zero-order valence-electron chi connectivity index (χ0n) is 17.9. The van der Waals surface area contributed by atoms with Crippen molar-refractivity contribution in [2.24, 2.45) is 0 Å². The van der Waals surface area contributed by atoms with E-state index < -0.39 is 0 Å². The van der Waals surface area contributed by atoms with Crippen LogP contribution < -0.4 is 26.0 Å². The molecule has 8 heteroatoms. The van der Waals surface area contributed by atoms with Crippen LogP contribution in [-0.4, -0.2) is 40.6 Å². The topological polar surface area (TPSA) is 75.2 Å². The van der Waals surface area contributed by atoms with E-state index >= 15 is 0 Å². The summed E-state index contributed by atoms with van der Waals surface area (Å²) in [6.07, 6.45) is 2.62. The van der Waals surface area contributed by atoms with Gasteiger partial charge in [-0.05, 0) is 65.4 Å². The lowest BCUT2D eigenvalue weighted by Gasteiger charge is -2.25. The van der Waals surface area contributed by atoms with Gasteiger partial charge in [-0.15, -0.1) is 10.2 Å². The predicted octanol–water partition coefficient (Wildman–Crippen LogP) is 1.03. The predicted molar refractivity (Wildman–Crippen MR) is 119 cm³/mol. The summed E-state index contributed by atoms with van der Waals surface area (Å²) in [5.41, 5.74) is 8.12. The normalized spacial score (nSPS) is 15.2. The van der Waals surface area contributed by atoms with Crippen LogP contribution >= 0.6 is 0 Å². The molecule has 1 aliphatic carbocycles. The molecule has 0 bridgehead atoms. The molecule has 0 spiro atoms. The van der Waals surface area contributed by atoms with Crippen LogP contribution in [0.4, 0.5) is 4.39 Å². The third kappa shape index (κ3) is 4.27. The second-order valence-corrected chi connectivity index (χ2v) is 8.06. The van der Waals surface area contributed by atoms with Crippen LogP contribution in [0.1, 0.15) is 23.2 Å². The van der Waals surface area contributed by atoms with Crippen molar-refractivity contribution in [2.45, 2.75) is 25.8 Å². The number of methoxy groups -OCH3 is 1. The van der Waals surface area contributed by atoms with Gasteiger partial charge in [0.1, 0.15) is 22.7 Å². The maximum atomic E-state index is 13.2. The van der Waals surface area contributed by atoms with E-state index in [0.717, 1.165) is 65.7 Å². The van der Waals surface area contributed by atoms with Gasteiger partial charge in [-0.2, -0.15) is 0 Å². The number of rotatable bonds is 7. The van der Waals surface area contributed by atoms with Crippen molar-refractivity contribution in [3.05, 3.63) is 81.7 Å². The van der Waals surface area contributed by atoms with Gasteiger partial charge < -0.3 is 15.5 Å². The zero-order chi connectivity index (χ0) is 21.9. The molecule has 2 aromatic carbocycles. The number of nitrogens with zero attached hydrogens (tertiary/aromatic N) is 4. The molecule has 2 heterocycles. The Balaban J connectivity index is 1.40. The molecule has 2 aliphatic rings. The lowest BCUT2D eigenvalue weighted by atomic mass is 10.1. The molecule has 0 atom stereocenters. The number of hydrazine groups is 1. The minimum Gasteiger partial charge on any atom is -0.497 e. The van der Waals surface area contributed by atoms with E-state index in [1.165, 1.54) is 23.3 Å². The maximum absolute atomic E-state index is 13.2. The highest BCUT2D eigenvalue weighted by atomic mass is 19.1. The lowest BCUT2D eigenvalue weighted by molar-refractivity contribution is 0.242. The number of nitrogens with one attached hydrogen (secondary N) is 2. The summed E-state index contributed by atoms with van der Waals surface area (Å²) in [4.78, 5) is 0. The van der Waals surface area contributed by atoms with Crippen LogP contribution in [0, 0.1) is 5.82 Å². The number of hydrogen-bond donors (Lipinski definition) is 2. The Bertz CT molecular complexity index is 1230. The fourth-order valence-corrected chi connectivity index (χ4v) is 4.27. The van der Waals surface area contributed by atoms with Crippen LogP contribution in [0.2, 0.25) is 0 Å². The van der Waals surface area contributed by atoms with Gasteiger partial charge >= 0.3 is 0 Å². The van der Waals surface area contributed by atoms with Crippen molar-refractivity contribution in [1.82, 2.24) is 31.2 Å². The average molecular weight is 433 g/mol. The van der Waals surface area contributed by atoms with Crippen molar-refractivity contribution in [1.29, 1.82) is 0 Å². The average Bonchev–Trinajstić information content (AvgIpc) is 3.16. The van der Waals surface area contributed by atoms with Gasteiger partial charge in [0.15, 0.2) is 0 Å². The summed E-state index contributed by atoms with van der Waals surface area (Å²) in [6.45, 7) is 2.18. The number of benzene rings is 2. The first-order chi connectivity index (χ1) is 15.7. The minimum atomic E-state index is -0.221. The van der Waals surface area contributed by atoms with Gasteiger partial charge in [0.25, 0.3) is 0 Å². The summed E-state index contributed by atoms with van der Waals surface area (Å²) >= 11 is 0. The molecule has 0 unspecified atom stereocenters. The van der Waals surface area contributed by atoms with E-state index in [4.69, 9.17) is 4.74 Å². The Morgan fingerprint density at radius 3 is 2.59 bits per heavy atom. The first kappa shape index (κ1) is 20.4. The Morgan fingerprint density at radius 1 is 1.03 bits per heavy atom. The standard InChI is InChI=1S/C24H25FN6O/c1-32-20-9-4-17(5-10-20)14-31-15-18-6-11-21-22(18)23(28-30-27-21)24(29-31)26-13-12-16-2-7-19(25)8-3-16/h2-5,7-10,26,29H,6,11-15H2,1H3. The van der Waals surface area contributed by atoms with Crippen molar-refractivity contribution in [3.8, 4) is 5.75 Å². The minimum absolute atomic E-state index is 0.221. The summed E-state index contributed by atoms with van der Waals surface area (Å²) in [7, 11) is 1.67. The number of halogens is 1. The largest absolute Gasteiger partial charge is 0.497 e. The van der Waals surface area contributed by atoms with Crippen LogP contribution in [0.3, 0.4) is 0 Å². The van der Waals surface area contributed by atoms with Gasteiger partial charge in [0.05, 0.1) is 12.8 Å². The molecule has 0 fully saturated rings. The Kier molecular flexibility index (Phi) is 5.68. The Hall–Kier alpha value is -3.52. The van der Waals surface area contributed by atoms with Gasteiger partial charge in [0, 0.05) is 24.9 Å². The maximum Gasteiger partial charge on any atom is 0.142 e. The second-order valence-electron chi connectivity index (χ2n) is 8.06. The fourth-order valence-electron chi connectivity index (χ4n) is 4.27. The van der Waals surface area contributed by atoms with Crippen molar-refractivity contribution >= 4 is 11.4 Å². The zero-order valence-corrected chi connectivity index (χ0v) is 17.9. The smallest absolute Gasteiger partial charge is 0.142 e. The summed E-state index contributed by atoms with van der Waals surface area (Å²) in [5.74, 6) is 1.45. The molecule has 5 rings (SSSR count). The highest BCUT2D eigenvalue weighted by molar-refractivity contribution is 5.56. The number of aromatic nitrogens is 3. The SMILES string of the molecule is COc1ccc(CN2CC3=c4c(nnnc4=C(NCCc4ccc(F)cc4)N2)CC3)cc1. The monoisotopic (exact) mass is 432 g/mol. The van der Waals surface area contributed by atoms with E-state index in [0.29, 0.717) is 6.54 Å². The third-order valence-corrected chi connectivity index (χ3v) is 5.90. The van der Waals surface area contributed by atoms with E-state index in [1.807, 2.05) is 24.3 Å². The molecule has 32 heavy (non-hydrogen) atoms. The summed E-state index contributed by atoms with van der Waals surface area (Å²) in [6, 6.07) is 14.7. The molecular formula is C24H25FN6O. The number of hydrogen-bond acceptors (Lipinski definition) is 7. The Labute approximate surface area is 185 Å². The van der Waals surface area contributed by atoms with Gasteiger partial charge in [-0.25, -0.2) is 9.40 Å². The molecule has 1 aromatic heterocycles. The molecule has 2 N–H and O–H groups in total. The molecule has 0 radical (unpaired) electrons. The molecule has 0 saturated carbocycles. The molecule has 164 valence electrons. The molecule has 3 aromatic rings. The fraction of sp³-hybridized carbons (Fsp3) is 0.292. The van der Waals surface area contributed by atoms with Crippen LogP contribution in [0.25, 0.3) is 11.4 Å². The molecular weight excluding hydrogens is 407 g/mol. The van der Waals surface area contributed by atoms with E-state index in [9.17, 15) is 4.39 Å². The van der Waals surface area contributed by atoms with Crippen molar-refractivity contribution in [2.75, 3.05) is 20.2 Å². The highest BCUT2D eigenvalue weighted by Gasteiger charge is 2.23. The summed E-state index contributed by atoms with van der Waals surface area (Å²) in [5, 5.41) is 20.3.